The number of H-pyrrole nitrogens is 1. The van der Waals surface area contributed by atoms with E-state index in [1.54, 1.807) is 18.2 Å². The number of pyridine rings is 1. The Balaban J connectivity index is 2.93. The largest absolute Gasteiger partial charge is 0.477 e. The van der Waals surface area contributed by atoms with Crippen molar-refractivity contribution in [2.24, 2.45) is 0 Å². The van der Waals surface area contributed by atoms with Crippen LogP contribution in [-0.2, 0) is 6.42 Å². The van der Waals surface area contributed by atoms with Gasteiger partial charge in [-0.05, 0) is 24.6 Å². The minimum atomic E-state index is -1.19. The SMILES string of the molecule is CCc1[nH]c2cc(Br)ccc2c(=O)c1C(=O)O. The summed E-state index contributed by atoms with van der Waals surface area (Å²) in [6, 6.07) is 5.10. The van der Waals surface area contributed by atoms with Crippen molar-refractivity contribution in [1.82, 2.24) is 4.98 Å². The molecule has 0 atom stereocenters. The summed E-state index contributed by atoms with van der Waals surface area (Å²) in [6.45, 7) is 1.81. The Morgan fingerprint density at radius 2 is 2.18 bits per heavy atom. The van der Waals surface area contributed by atoms with Crippen LogP contribution in [-0.4, -0.2) is 16.1 Å². The number of rotatable bonds is 2. The van der Waals surface area contributed by atoms with E-state index in [1.807, 2.05) is 6.92 Å². The maximum absolute atomic E-state index is 12.0. The highest BCUT2D eigenvalue weighted by atomic mass is 79.9. The number of carbonyl (C=O) groups is 1. The van der Waals surface area contributed by atoms with Crippen LogP contribution < -0.4 is 5.43 Å². The molecular weight excluding hydrogens is 286 g/mol. The van der Waals surface area contributed by atoms with Crippen molar-refractivity contribution in [1.29, 1.82) is 0 Å². The number of aromatic carboxylic acids is 1. The first kappa shape index (κ1) is 11.9. The molecule has 0 amide bonds. The molecule has 0 saturated heterocycles. The summed E-state index contributed by atoms with van der Waals surface area (Å²) < 4.78 is 0.839. The zero-order valence-corrected chi connectivity index (χ0v) is 10.7. The van der Waals surface area contributed by atoms with Gasteiger partial charge in [0.05, 0.1) is 5.52 Å². The second-order valence-corrected chi connectivity index (χ2v) is 4.57. The molecule has 1 heterocycles. The number of halogens is 1. The lowest BCUT2D eigenvalue weighted by Gasteiger charge is -2.06. The fraction of sp³-hybridized carbons (Fsp3) is 0.167. The van der Waals surface area contributed by atoms with Crippen molar-refractivity contribution < 1.29 is 9.90 Å². The number of fused-ring (bicyclic) bond motifs is 1. The van der Waals surface area contributed by atoms with E-state index in [0.29, 0.717) is 23.0 Å². The minimum absolute atomic E-state index is 0.165. The third-order valence-corrected chi connectivity index (χ3v) is 3.10. The summed E-state index contributed by atoms with van der Waals surface area (Å²) in [5.74, 6) is -1.19. The molecule has 2 aromatic rings. The van der Waals surface area contributed by atoms with E-state index in [9.17, 15) is 9.59 Å². The molecule has 0 fully saturated rings. The predicted octanol–water partition coefficient (Wildman–Crippen LogP) is 2.55. The second-order valence-electron chi connectivity index (χ2n) is 3.66. The molecule has 0 aliphatic heterocycles. The molecule has 5 heteroatoms. The van der Waals surface area contributed by atoms with Gasteiger partial charge in [-0.1, -0.05) is 22.9 Å². The highest BCUT2D eigenvalue weighted by Gasteiger charge is 2.16. The Kier molecular flexibility index (Phi) is 3.02. The molecule has 2 rings (SSSR count). The molecule has 0 saturated carbocycles. The van der Waals surface area contributed by atoms with E-state index in [0.717, 1.165) is 4.47 Å². The van der Waals surface area contributed by atoms with E-state index in [-0.39, 0.29) is 5.56 Å². The van der Waals surface area contributed by atoms with Gasteiger partial charge in [-0.3, -0.25) is 4.79 Å². The van der Waals surface area contributed by atoms with Crippen LogP contribution in [0, 0.1) is 0 Å². The van der Waals surface area contributed by atoms with E-state index >= 15 is 0 Å². The maximum atomic E-state index is 12.0. The first-order chi connectivity index (χ1) is 8.04. The maximum Gasteiger partial charge on any atom is 0.341 e. The van der Waals surface area contributed by atoms with Crippen LogP contribution in [0.5, 0.6) is 0 Å². The lowest BCUT2D eigenvalue weighted by Crippen LogP contribution is -2.19. The number of aromatic nitrogens is 1. The number of carboxylic acid groups (broad SMARTS) is 1. The Morgan fingerprint density at radius 3 is 2.76 bits per heavy atom. The van der Waals surface area contributed by atoms with Crippen LogP contribution in [0.1, 0.15) is 23.0 Å². The van der Waals surface area contributed by atoms with E-state index in [4.69, 9.17) is 5.11 Å². The van der Waals surface area contributed by atoms with Gasteiger partial charge in [-0.25, -0.2) is 4.79 Å². The number of aromatic amines is 1. The Bertz CT molecular complexity index is 661. The number of nitrogens with one attached hydrogen (secondary N) is 1. The molecule has 0 aliphatic carbocycles. The van der Waals surface area contributed by atoms with E-state index in [1.165, 1.54) is 0 Å². The van der Waals surface area contributed by atoms with Crippen molar-refractivity contribution in [3.8, 4) is 0 Å². The first-order valence-corrected chi connectivity index (χ1v) is 5.91. The van der Waals surface area contributed by atoms with Gasteiger partial charge in [-0.2, -0.15) is 0 Å². The standard InChI is InChI=1S/C12H10BrNO3/c1-2-8-10(12(16)17)11(15)7-4-3-6(13)5-9(7)14-8/h3-5H,2H2,1H3,(H,14,15)(H,16,17). The molecule has 0 unspecified atom stereocenters. The van der Waals surface area contributed by atoms with Gasteiger partial charge in [0.1, 0.15) is 5.56 Å². The number of aryl methyl sites for hydroxylation is 1. The molecule has 0 spiro atoms. The van der Waals surface area contributed by atoms with Crippen LogP contribution in [0.15, 0.2) is 27.5 Å². The molecule has 17 heavy (non-hydrogen) atoms. The van der Waals surface area contributed by atoms with Gasteiger partial charge in [0.2, 0.25) is 5.43 Å². The van der Waals surface area contributed by atoms with Gasteiger partial charge in [-0.15, -0.1) is 0 Å². The topological polar surface area (TPSA) is 70.2 Å². The molecule has 0 aliphatic rings. The summed E-state index contributed by atoms with van der Waals surface area (Å²) in [5, 5.41) is 9.45. The zero-order valence-electron chi connectivity index (χ0n) is 9.08. The van der Waals surface area contributed by atoms with E-state index in [2.05, 4.69) is 20.9 Å². The lowest BCUT2D eigenvalue weighted by atomic mass is 10.1. The number of benzene rings is 1. The Morgan fingerprint density at radius 1 is 1.47 bits per heavy atom. The van der Waals surface area contributed by atoms with Gasteiger partial charge in [0, 0.05) is 15.6 Å². The number of carboxylic acids is 1. The Hall–Kier alpha value is -1.62. The molecule has 1 aromatic heterocycles. The van der Waals surface area contributed by atoms with E-state index < -0.39 is 11.4 Å². The summed E-state index contributed by atoms with van der Waals surface area (Å²) >= 11 is 3.31. The van der Waals surface area contributed by atoms with Crippen LogP contribution in [0.4, 0.5) is 0 Å². The average Bonchev–Trinajstić information content (AvgIpc) is 2.27. The summed E-state index contributed by atoms with van der Waals surface area (Å²) in [4.78, 5) is 26.1. The first-order valence-electron chi connectivity index (χ1n) is 5.12. The molecule has 4 nitrogen and oxygen atoms in total. The molecule has 0 radical (unpaired) electrons. The van der Waals surface area contributed by atoms with Crippen molar-refractivity contribution in [2.75, 3.05) is 0 Å². The molecule has 88 valence electrons. The third kappa shape index (κ3) is 1.98. The molecular formula is C12H10BrNO3. The third-order valence-electron chi connectivity index (χ3n) is 2.61. The smallest absolute Gasteiger partial charge is 0.341 e. The lowest BCUT2D eigenvalue weighted by molar-refractivity contribution is 0.0694. The molecule has 0 bridgehead atoms. The second kappa shape index (κ2) is 4.33. The summed E-state index contributed by atoms with van der Waals surface area (Å²) in [7, 11) is 0. The predicted molar refractivity (Wildman–Crippen MR) is 68.6 cm³/mol. The Labute approximate surface area is 105 Å². The fourth-order valence-corrected chi connectivity index (χ4v) is 2.17. The van der Waals surface area contributed by atoms with Crippen LogP contribution in [0.3, 0.4) is 0 Å². The normalized spacial score (nSPS) is 10.7. The van der Waals surface area contributed by atoms with Crippen molar-refractivity contribution in [3.05, 3.63) is 44.2 Å². The van der Waals surface area contributed by atoms with Gasteiger partial charge in [0.15, 0.2) is 0 Å². The van der Waals surface area contributed by atoms with Crippen LogP contribution in [0.2, 0.25) is 0 Å². The summed E-state index contributed by atoms with van der Waals surface area (Å²) in [6.07, 6.45) is 0.472. The minimum Gasteiger partial charge on any atom is -0.477 e. The van der Waals surface area contributed by atoms with Crippen LogP contribution in [0.25, 0.3) is 10.9 Å². The fourth-order valence-electron chi connectivity index (χ4n) is 1.81. The van der Waals surface area contributed by atoms with Crippen molar-refractivity contribution in [3.63, 3.8) is 0 Å². The van der Waals surface area contributed by atoms with Gasteiger partial charge in [0.25, 0.3) is 0 Å². The zero-order chi connectivity index (χ0) is 12.6. The molecule has 1 aromatic carbocycles. The number of hydrogen-bond acceptors (Lipinski definition) is 2. The monoisotopic (exact) mass is 295 g/mol. The highest BCUT2D eigenvalue weighted by Crippen LogP contribution is 2.17. The quantitative estimate of drug-likeness (QED) is 0.894. The molecule has 2 N–H and O–H groups in total. The van der Waals surface area contributed by atoms with Gasteiger partial charge < -0.3 is 10.1 Å². The van der Waals surface area contributed by atoms with Crippen molar-refractivity contribution >= 4 is 32.8 Å². The highest BCUT2D eigenvalue weighted by molar-refractivity contribution is 9.10. The van der Waals surface area contributed by atoms with Crippen molar-refractivity contribution in [2.45, 2.75) is 13.3 Å². The number of hydrogen-bond donors (Lipinski definition) is 2. The van der Waals surface area contributed by atoms with Crippen LogP contribution >= 0.6 is 15.9 Å². The average molecular weight is 296 g/mol. The summed E-state index contributed by atoms with van der Waals surface area (Å²) in [5.41, 5.74) is 0.497. The van der Waals surface area contributed by atoms with Gasteiger partial charge >= 0.3 is 5.97 Å².